The number of nitrogens with two attached hydrogens (primary N) is 1. The quantitative estimate of drug-likeness (QED) is 0.591. The van der Waals surface area contributed by atoms with Gasteiger partial charge in [-0.15, -0.1) is 0 Å². The molecule has 2 aliphatic rings. The lowest BCUT2D eigenvalue weighted by Crippen LogP contribution is -2.36. The van der Waals surface area contributed by atoms with Gasteiger partial charge in [-0.05, 0) is 68.2 Å². The number of benzene rings is 1. The van der Waals surface area contributed by atoms with Crippen molar-refractivity contribution < 1.29 is 22.3 Å². The van der Waals surface area contributed by atoms with Crippen LogP contribution in [0.5, 0.6) is 0 Å². The van der Waals surface area contributed by atoms with Crippen LogP contribution < -0.4 is 15.8 Å². The van der Waals surface area contributed by atoms with E-state index in [2.05, 4.69) is 20.6 Å². The van der Waals surface area contributed by atoms with Crippen molar-refractivity contribution in [2.75, 3.05) is 11.9 Å². The van der Waals surface area contributed by atoms with Gasteiger partial charge in [-0.1, -0.05) is 0 Å². The van der Waals surface area contributed by atoms with Crippen molar-refractivity contribution >= 4 is 27.8 Å². The molecule has 2 fully saturated rings. The van der Waals surface area contributed by atoms with Crippen LogP contribution in [0, 0.1) is 11.7 Å². The van der Waals surface area contributed by atoms with Crippen molar-refractivity contribution in [2.24, 2.45) is 11.1 Å². The van der Waals surface area contributed by atoms with Crippen LogP contribution in [0.4, 0.5) is 20.8 Å². The zero-order valence-electron chi connectivity index (χ0n) is 17.0. The van der Waals surface area contributed by atoms with Gasteiger partial charge in [-0.3, -0.25) is 0 Å². The molecule has 9 nitrogen and oxygen atoms in total. The fourth-order valence-electron chi connectivity index (χ4n) is 3.44. The second-order valence-electron chi connectivity index (χ2n) is 8.47. The minimum Gasteiger partial charge on any atom is -0.449 e. The number of hydrogen-bond acceptors (Lipinski definition) is 7. The molecule has 1 aromatic heterocycles. The Bertz CT molecular complexity index is 1080. The zero-order chi connectivity index (χ0) is 22.2. The van der Waals surface area contributed by atoms with Gasteiger partial charge in [-0.2, -0.15) is 0 Å². The average Bonchev–Trinajstić information content (AvgIpc) is 3.39. The maximum absolute atomic E-state index is 14.1. The van der Waals surface area contributed by atoms with E-state index in [9.17, 15) is 17.6 Å². The number of anilines is 2. The molecule has 0 bridgehead atoms. The number of sulfonamides is 1. The summed E-state index contributed by atoms with van der Waals surface area (Å²) < 4.78 is 42.0. The summed E-state index contributed by atoms with van der Waals surface area (Å²) in [5, 5.41) is 10.6. The molecule has 2 saturated carbocycles. The Morgan fingerprint density at radius 3 is 2.55 bits per heavy atom. The molecule has 0 saturated heterocycles. The van der Waals surface area contributed by atoms with Gasteiger partial charge in [0, 0.05) is 17.9 Å². The smallest absolute Gasteiger partial charge is 0.407 e. The van der Waals surface area contributed by atoms with Crippen LogP contribution >= 0.6 is 0 Å². The second-order valence-corrected chi connectivity index (χ2v) is 10.0. The van der Waals surface area contributed by atoms with Crippen molar-refractivity contribution in [2.45, 2.75) is 49.0 Å². The summed E-state index contributed by atoms with van der Waals surface area (Å²) in [6.07, 6.45) is 6.74. The Labute approximate surface area is 179 Å². The van der Waals surface area contributed by atoms with Gasteiger partial charge in [0.2, 0.25) is 16.0 Å². The largest absolute Gasteiger partial charge is 0.449 e. The van der Waals surface area contributed by atoms with E-state index in [1.807, 2.05) is 6.92 Å². The number of carbonyl (C=O) groups excluding carboxylic acids is 1. The van der Waals surface area contributed by atoms with E-state index in [0.717, 1.165) is 37.3 Å². The van der Waals surface area contributed by atoms with Gasteiger partial charge in [0.15, 0.2) is 0 Å². The third kappa shape index (κ3) is 5.28. The Hall–Kier alpha value is -2.79. The topological polar surface area (TPSA) is 136 Å². The van der Waals surface area contributed by atoms with Gasteiger partial charge < -0.3 is 15.4 Å². The number of amides is 1. The molecule has 0 spiro atoms. The number of hydrogen-bond donors (Lipinski definition) is 3. The van der Waals surface area contributed by atoms with E-state index in [4.69, 9.17) is 9.88 Å². The zero-order valence-corrected chi connectivity index (χ0v) is 17.8. The van der Waals surface area contributed by atoms with Crippen LogP contribution in [0.1, 0.15) is 44.1 Å². The molecule has 4 rings (SSSR count). The van der Waals surface area contributed by atoms with Gasteiger partial charge in [0.05, 0.1) is 17.2 Å². The summed E-state index contributed by atoms with van der Waals surface area (Å²) in [6.45, 7) is 2.40. The number of aromatic nitrogens is 2. The van der Waals surface area contributed by atoms with Crippen molar-refractivity contribution in [3.05, 3.63) is 42.0 Å². The summed E-state index contributed by atoms with van der Waals surface area (Å²) in [5.74, 6) is 0.0145. The van der Waals surface area contributed by atoms with E-state index in [1.54, 1.807) is 12.4 Å². The second kappa shape index (κ2) is 8.04. The van der Waals surface area contributed by atoms with Crippen LogP contribution in [0.3, 0.4) is 0 Å². The Balaban J connectivity index is 1.26. The van der Waals surface area contributed by atoms with E-state index in [1.165, 1.54) is 12.1 Å². The number of carbonyl (C=O) groups is 1. The molecular weight excluding hydrogens is 425 g/mol. The highest BCUT2D eigenvalue weighted by molar-refractivity contribution is 7.89. The molecule has 2 aliphatic carbocycles. The lowest BCUT2D eigenvalue weighted by atomic mass is 9.72. The fourth-order valence-corrected chi connectivity index (χ4v) is 3.97. The van der Waals surface area contributed by atoms with Crippen molar-refractivity contribution in [1.82, 2.24) is 15.3 Å². The molecule has 0 aliphatic heterocycles. The molecule has 1 amide bonds. The van der Waals surface area contributed by atoms with Crippen LogP contribution in [-0.4, -0.2) is 36.6 Å². The highest BCUT2D eigenvalue weighted by Gasteiger charge is 2.39. The molecule has 4 N–H and O–H groups in total. The molecule has 166 valence electrons. The summed E-state index contributed by atoms with van der Waals surface area (Å²) in [4.78, 5) is 19.9. The predicted octanol–water partition coefficient (Wildman–Crippen LogP) is 2.78. The lowest BCUT2D eigenvalue weighted by Gasteiger charge is -2.34. The first-order valence-corrected chi connectivity index (χ1v) is 11.5. The predicted molar refractivity (Wildman–Crippen MR) is 111 cm³/mol. The number of alkyl carbamates (subject to hydrolysis) is 1. The van der Waals surface area contributed by atoms with Crippen LogP contribution in [-0.2, 0) is 14.8 Å². The van der Waals surface area contributed by atoms with Gasteiger partial charge >= 0.3 is 6.09 Å². The number of nitrogens with one attached hydrogen (secondary N) is 2. The summed E-state index contributed by atoms with van der Waals surface area (Å²) in [5.41, 5.74) is 0.917. The number of halogens is 1. The normalized spacial score (nSPS) is 21.6. The Morgan fingerprint density at radius 1 is 1.29 bits per heavy atom. The minimum atomic E-state index is -3.98. The van der Waals surface area contributed by atoms with Gasteiger partial charge in [0.25, 0.3) is 0 Å². The maximum Gasteiger partial charge on any atom is 0.407 e. The third-order valence-electron chi connectivity index (χ3n) is 5.75. The van der Waals surface area contributed by atoms with E-state index < -0.39 is 15.8 Å². The third-order valence-corrected chi connectivity index (χ3v) is 6.66. The highest BCUT2D eigenvalue weighted by Crippen LogP contribution is 2.41. The lowest BCUT2D eigenvalue weighted by molar-refractivity contribution is 0.0918. The first-order valence-electron chi connectivity index (χ1n) is 9.98. The molecule has 1 aromatic carbocycles. The van der Waals surface area contributed by atoms with E-state index in [-0.39, 0.29) is 34.1 Å². The molecule has 31 heavy (non-hydrogen) atoms. The monoisotopic (exact) mass is 449 g/mol. The first kappa shape index (κ1) is 21.4. The number of ether oxygens (including phenoxy) is 1. The van der Waals surface area contributed by atoms with Gasteiger partial charge in [-0.25, -0.2) is 32.7 Å². The Kier molecular flexibility index (Phi) is 5.56. The number of rotatable bonds is 7. The van der Waals surface area contributed by atoms with Crippen LogP contribution in [0.2, 0.25) is 0 Å². The minimum absolute atomic E-state index is 0.0411. The molecule has 0 unspecified atom stereocenters. The first-order chi connectivity index (χ1) is 14.6. The summed E-state index contributed by atoms with van der Waals surface area (Å²) in [6, 6.07) is 3.31. The summed E-state index contributed by atoms with van der Waals surface area (Å²) in [7, 11) is -3.98. The van der Waals surface area contributed by atoms with E-state index in [0.29, 0.717) is 12.5 Å². The van der Waals surface area contributed by atoms with Crippen molar-refractivity contribution in [3.8, 4) is 0 Å². The van der Waals surface area contributed by atoms with Crippen LogP contribution in [0.15, 0.2) is 35.5 Å². The molecule has 1 heterocycles. The molecule has 0 atom stereocenters. The number of primary sulfonamides is 1. The average molecular weight is 450 g/mol. The highest BCUT2D eigenvalue weighted by atomic mass is 32.2. The maximum atomic E-state index is 14.1. The Morgan fingerprint density at radius 2 is 1.97 bits per heavy atom. The van der Waals surface area contributed by atoms with Crippen molar-refractivity contribution in [3.63, 3.8) is 0 Å². The van der Waals surface area contributed by atoms with E-state index >= 15 is 0 Å². The number of nitrogens with zero attached hydrogens (tertiary/aromatic N) is 2. The SMILES string of the molecule is CC1(NC(=O)OC[C@H]2C[C@@H](c3cnc(Nc4ccc(S(N)(=O)=O)cc4F)nc3)C2)CC1. The van der Waals surface area contributed by atoms with Crippen LogP contribution in [0.25, 0.3) is 0 Å². The molecule has 2 aromatic rings. The molecule has 11 heteroatoms. The standard InChI is InChI=1S/C20H24FN5O4S/c1-20(4-5-20)26-19(27)30-11-12-6-13(7-12)14-9-23-18(24-10-14)25-17-3-2-15(8-16(17)21)31(22,28)29/h2-3,8-10,12-13H,4-7,11H2,1H3,(H,26,27)(H2,22,28,29)(H,23,24,25)/t12-,13+. The molecular formula is C20H24FN5O4S. The summed E-state index contributed by atoms with van der Waals surface area (Å²) >= 11 is 0. The molecule has 0 radical (unpaired) electrons. The fraction of sp³-hybridized carbons (Fsp3) is 0.450. The van der Waals surface area contributed by atoms with Crippen molar-refractivity contribution in [1.29, 1.82) is 0 Å². The van der Waals surface area contributed by atoms with Gasteiger partial charge in [0.1, 0.15) is 5.82 Å².